The molecule has 0 saturated heterocycles. The number of para-hydroxylation sites is 1. The molecule has 94 valence electrons. The maximum Gasteiger partial charge on any atom is 0.148 e. The molecule has 0 saturated carbocycles. The SMILES string of the molecule is Nc1c(F)cccc1NCc1cc(F)ccc1F. The van der Waals surface area contributed by atoms with Gasteiger partial charge in [0.05, 0.1) is 11.4 Å². The zero-order chi connectivity index (χ0) is 13.1. The van der Waals surface area contributed by atoms with Gasteiger partial charge in [0.2, 0.25) is 0 Å². The Morgan fingerprint density at radius 1 is 1.00 bits per heavy atom. The number of anilines is 2. The molecule has 0 heterocycles. The highest BCUT2D eigenvalue weighted by molar-refractivity contribution is 5.66. The second kappa shape index (κ2) is 5.00. The van der Waals surface area contributed by atoms with Crippen LogP contribution < -0.4 is 11.1 Å². The van der Waals surface area contributed by atoms with Crippen LogP contribution in [-0.2, 0) is 6.54 Å². The Balaban J connectivity index is 2.16. The lowest BCUT2D eigenvalue weighted by Gasteiger charge is -2.10. The van der Waals surface area contributed by atoms with Crippen LogP contribution in [-0.4, -0.2) is 0 Å². The molecule has 0 aliphatic rings. The van der Waals surface area contributed by atoms with Gasteiger partial charge in [-0.3, -0.25) is 0 Å². The smallest absolute Gasteiger partial charge is 0.148 e. The first-order valence-corrected chi connectivity index (χ1v) is 5.29. The van der Waals surface area contributed by atoms with E-state index in [1.54, 1.807) is 6.07 Å². The molecule has 5 heteroatoms. The van der Waals surface area contributed by atoms with E-state index in [0.717, 1.165) is 18.2 Å². The van der Waals surface area contributed by atoms with Crippen LogP contribution in [0, 0.1) is 17.5 Å². The highest BCUT2D eigenvalue weighted by atomic mass is 19.1. The molecule has 0 fully saturated rings. The molecule has 0 radical (unpaired) electrons. The van der Waals surface area contributed by atoms with Gasteiger partial charge in [-0.15, -0.1) is 0 Å². The Hall–Kier alpha value is -2.17. The third-order valence-electron chi connectivity index (χ3n) is 2.53. The summed E-state index contributed by atoms with van der Waals surface area (Å²) >= 11 is 0. The molecule has 2 rings (SSSR count). The van der Waals surface area contributed by atoms with Crippen LogP contribution in [0.1, 0.15) is 5.56 Å². The molecule has 0 atom stereocenters. The lowest BCUT2D eigenvalue weighted by Crippen LogP contribution is -2.05. The van der Waals surface area contributed by atoms with Crippen LogP contribution in [0.4, 0.5) is 24.5 Å². The molecule has 0 aliphatic carbocycles. The molecule has 0 aromatic heterocycles. The lowest BCUT2D eigenvalue weighted by molar-refractivity contribution is 0.587. The Morgan fingerprint density at radius 3 is 2.56 bits per heavy atom. The van der Waals surface area contributed by atoms with Gasteiger partial charge < -0.3 is 11.1 Å². The molecule has 0 amide bonds. The molecular formula is C13H11F3N2. The number of nitrogen functional groups attached to an aromatic ring is 1. The summed E-state index contributed by atoms with van der Waals surface area (Å²) in [5.74, 6) is -1.61. The minimum absolute atomic E-state index is 0.0250. The van der Waals surface area contributed by atoms with E-state index in [1.807, 2.05) is 0 Å². The molecule has 0 spiro atoms. The van der Waals surface area contributed by atoms with Crippen molar-refractivity contribution in [2.45, 2.75) is 6.54 Å². The highest BCUT2D eigenvalue weighted by Gasteiger charge is 2.07. The first kappa shape index (κ1) is 12.3. The Morgan fingerprint density at radius 2 is 1.78 bits per heavy atom. The number of nitrogens with one attached hydrogen (secondary N) is 1. The molecule has 0 unspecified atom stereocenters. The molecule has 18 heavy (non-hydrogen) atoms. The summed E-state index contributed by atoms with van der Waals surface area (Å²) in [7, 11) is 0. The maximum atomic E-state index is 13.3. The molecule has 2 aromatic carbocycles. The highest BCUT2D eigenvalue weighted by Crippen LogP contribution is 2.22. The lowest BCUT2D eigenvalue weighted by atomic mass is 10.2. The van der Waals surface area contributed by atoms with Crippen LogP contribution in [0.25, 0.3) is 0 Å². The van der Waals surface area contributed by atoms with Crippen molar-refractivity contribution < 1.29 is 13.2 Å². The Kier molecular flexibility index (Phi) is 3.41. The first-order chi connectivity index (χ1) is 8.58. The number of benzene rings is 2. The monoisotopic (exact) mass is 252 g/mol. The average molecular weight is 252 g/mol. The average Bonchev–Trinajstić information content (AvgIpc) is 2.35. The van der Waals surface area contributed by atoms with Gasteiger partial charge in [0.15, 0.2) is 0 Å². The van der Waals surface area contributed by atoms with Crippen LogP contribution in [0.3, 0.4) is 0 Å². The number of hydrogen-bond acceptors (Lipinski definition) is 2. The van der Waals surface area contributed by atoms with Crippen molar-refractivity contribution >= 4 is 11.4 Å². The second-order valence-corrected chi connectivity index (χ2v) is 3.79. The zero-order valence-electron chi connectivity index (χ0n) is 9.38. The summed E-state index contributed by atoms with van der Waals surface area (Å²) in [4.78, 5) is 0. The van der Waals surface area contributed by atoms with Gasteiger partial charge >= 0.3 is 0 Å². The maximum absolute atomic E-state index is 13.3. The van der Waals surface area contributed by atoms with Crippen LogP contribution in [0.15, 0.2) is 36.4 Å². The van der Waals surface area contributed by atoms with E-state index in [2.05, 4.69) is 5.32 Å². The number of rotatable bonds is 3. The molecule has 0 aliphatic heterocycles. The van der Waals surface area contributed by atoms with E-state index in [1.165, 1.54) is 12.1 Å². The van der Waals surface area contributed by atoms with Crippen LogP contribution in [0.5, 0.6) is 0 Å². The van der Waals surface area contributed by atoms with Gasteiger partial charge in [-0.05, 0) is 30.3 Å². The standard InChI is InChI=1S/C13H11F3N2/c14-9-4-5-10(15)8(6-9)7-18-12-3-1-2-11(16)13(12)17/h1-6,18H,7,17H2. The van der Waals surface area contributed by atoms with Gasteiger partial charge in [-0.1, -0.05) is 6.07 Å². The Bertz CT molecular complexity index is 568. The van der Waals surface area contributed by atoms with Gasteiger partial charge in [0, 0.05) is 12.1 Å². The molecule has 3 N–H and O–H groups in total. The third-order valence-corrected chi connectivity index (χ3v) is 2.53. The van der Waals surface area contributed by atoms with Crippen molar-refractivity contribution in [2.75, 3.05) is 11.1 Å². The van der Waals surface area contributed by atoms with Crippen molar-refractivity contribution in [2.24, 2.45) is 0 Å². The predicted octanol–water partition coefficient (Wildman–Crippen LogP) is 3.30. The summed E-state index contributed by atoms with van der Waals surface area (Å²) < 4.78 is 39.4. The number of hydrogen-bond donors (Lipinski definition) is 2. The number of halogens is 3. The van der Waals surface area contributed by atoms with Gasteiger partial charge in [-0.2, -0.15) is 0 Å². The van der Waals surface area contributed by atoms with E-state index >= 15 is 0 Å². The van der Waals surface area contributed by atoms with Crippen molar-refractivity contribution in [3.05, 3.63) is 59.4 Å². The summed E-state index contributed by atoms with van der Waals surface area (Å²) in [6.07, 6.45) is 0. The van der Waals surface area contributed by atoms with E-state index < -0.39 is 17.5 Å². The summed E-state index contributed by atoms with van der Waals surface area (Å²) in [6.45, 7) is 0.0250. The fourth-order valence-electron chi connectivity index (χ4n) is 1.56. The van der Waals surface area contributed by atoms with Crippen molar-refractivity contribution in [1.82, 2.24) is 0 Å². The first-order valence-electron chi connectivity index (χ1n) is 5.29. The van der Waals surface area contributed by atoms with Gasteiger partial charge in [0.25, 0.3) is 0 Å². The van der Waals surface area contributed by atoms with Crippen molar-refractivity contribution in [3.63, 3.8) is 0 Å². The van der Waals surface area contributed by atoms with Crippen LogP contribution in [0.2, 0.25) is 0 Å². The van der Waals surface area contributed by atoms with Crippen molar-refractivity contribution in [1.29, 1.82) is 0 Å². The van der Waals surface area contributed by atoms with E-state index in [9.17, 15) is 13.2 Å². The minimum Gasteiger partial charge on any atom is -0.395 e. The van der Waals surface area contributed by atoms with Crippen LogP contribution >= 0.6 is 0 Å². The molecule has 2 aromatic rings. The fourth-order valence-corrected chi connectivity index (χ4v) is 1.56. The number of nitrogens with two attached hydrogens (primary N) is 1. The summed E-state index contributed by atoms with van der Waals surface area (Å²) in [6, 6.07) is 7.43. The second-order valence-electron chi connectivity index (χ2n) is 3.79. The van der Waals surface area contributed by atoms with Gasteiger partial charge in [-0.25, -0.2) is 13.2 Å². The topological polar surface area (TPSA) is 38.0 Å². The van der Waals surface area contributed by atoms with Crippen molar-refractivity contribution in [3.8, 4) is 0 Å². The van der Waals surface area contributed by atoms with E-state index in [-0.39, 0.29) is 17.8 Å². The summed E-state index contributed by atoms with van der Waals surface area (Å²) in [5.41, 5.74) is 5.96. The molecular weight excluding hydrogens is 241 g/mol. The molecule has 2 nitrogen and oxygen atoms in total. The predicted molar refractivity (Wildman–Crippen MR) is 64.5 cm³/mol. The Labute approximate surface area is 102 Å². The minimum atomic E-state index is -0.556. The molecule has 0 bridgehead atoms. The van der Waals surface area contributed by atoms with E-state index in [0.29, 0.717) is 5.69 Å². The largest absolute Gasteiger partial charge is 0.395 e. The zero-order valence-corrected chi connectivity index (χ0v) is 9.38. The third kappa shape index (κ3) is 2.56. The van der Waals surface area contributed by atoms with E-state index in [4.69, 9.17) is 5.73 Å². The van der Waals surface area contributed by atoms with Gasteiger partial charge in [0.1, 0.15) is 17.5 Å². The quantitative estimate of drug-likeness (QED) is 0.822. The normalized spacial score (nSPS) is 10.4. The summed E-state index contributed by atoms with van der Waals surface area (Å²) in [5, 5.41) is 2.77. The fraction of sp³-hybridized carbons (Fsp3) is 0.0769.